The van der Waals surface area contributed by atoms with Crippen LogP contribution in [-0.2, 0) is 12.8 Å². The molecule has 1 aromatic carbocycles. The largest absolute Gasteiger partial charge is 0.497 e. The van der Waals surface area contributed by atoms with E-state index in [1.165, 1.54) is 29.7 Å². The van der Waals surface area contributed by atoms with Crippen molar-refractivity contribution in [2.24, 2.45) is 0 Å². The van der Waals surface area contributed by atoms with Crippen LogP contribution in [0.5, 0.6) is 5.75 Å². The van der Waals surface area contributed by atoms with Gasteiger partial charge in [0.1, 0.15) is 11.9 Å². The van der Waals surface area contributed by atoms with Crippen LogP contribution < -0.4 is 4.74 Å². The Bertz CT molecular complexity index is 550. The highest BCUT2D eigenvalue weighted by Gasteiger charge is 2.19. The minimum Gasteiger partial charge on any atom is -0.497 e. The average molecular weight is 274 g/mol. The summed E-state index contributed by atoms with van der Waals surface area (Å²) < 4.78 is 5.21. The predicted molar refractivity (Wildman–Crippen MR) is 78.0 cm³/mol. The summed E-state index contributed by atoms with van der Waals surface area (Å²) in [5.74, 6) is 0.790. The highest BCUT2D eigenvalue weighted by molar-refractivity contribution is 7.12. The third kappa shape index (κ3) is 2.53. The number of benzene rings is 1. The van der Waals surface area contributed by atoms with Crippen LogP contribution in [0, 0.1) is 0 Å². The van der Waals surface area contributed by atoms with Crippen molar-refractivity contribution in [3.05, 3.63) is 51.2 Å². The molecule has 0 bridgehead atoms. The summed E-state index contributed by atoms with van der Waals surface area (Å²) in [5.41, 5.74) is 2.34. The van der Waals surface area contributed by atoms with Crippen molar-refractivity contribution in [3.63, 3.8) is 0 Å². The molecule has 3 heteroatoms. The van der Waals surface area contributed by atoms with E-state index in [-0.39, 0.29) is 0 Å². The zero-order valence-electron chi connectivity index (χ0n) is 11.1. The molecule has 1 heterocycles. The SMILES string of the molecule is COc1cccc(C(O)c2cc3c(s2)CCCC3)c1. The van der Waals surface area contributed by atoms with E-state index in [9.17, 15) is 5.11 Å². The molecule has 3 rings (SSSR count). The molecule has 19 heavy (non-hydrogen) atoms. The van der Waals surface area contributed by atoms with Crippen LogP contribution in [-0.4, -0.2) is 12.2 Å². The number of rotatable bonds is 3. The fourth-order valence-corrected chi connectivity index (χ4v) is 3.90. The molecule has 2 nitrogen and oxygen atoms in total. The Morgan fingerprint density at radius 1 is 1.21 bits per heavy atom. The normalized spacial score (nSPS) is 15.9. The van der Waals surface area contributed by atoms with E-state index in [0.717, 1.165) is 22.6 Å². The van der Waals surface area contributed by atoms with Gasteiger partial charge in [-0.3, -0.25) is 0 Å². The molecule has 1 aromatic heterocycles. The smallest absolute Gasteiger partial charge is 0.119 e. The minimum atomic E-state index is -0.536. The summed E-state index contributed by atoms with van der Waals surface area (Å²) >= 11 is 1.76. The van der Waals surface area contributed by atoms with Crippen molar-refractivity contribution in [3.8, 4) is 5.75 Å². The van der Waals surface area contributed by atoms with Gasteiger partial charge in [-0.1, -0.05) is 12.1 Å². The van der Waals surface area contributed by atoms with Gasteiger partial charge in [-0.2, -0.15) is 0 Å². The molecule has 2 aromatic rings. The number of thiophene rings is 1. The summed E-state index contributed by atoms with van der Waals surface area (Å²) in [5, 5.41) is 10.5. The molecule has 1 atom stereocenters. The van der Waals surface area contributed by atoms with Crippen molar-refractivity contribution in [2.45, 2.75) is 31.8 Å². The molecule has 1 aliphatic carbocycles. The molecule has 100 valence electrons. The second kappa shape index (κ2) is 5.35. The van der Waals surface area contributed by atoms with E-state index in [1.807, 2.05) is 24.3 Å². The number of aliphatic hydroxyl groups is 1. The Morgan fingerprint density at radius 2 is 2.05 bits per heavy atom. The first kappa shape index (κ1) is 12.7. The van der Waals surface area contributed by atoms with Gasteiger partial charge in [0.05, 0.1) is 7.11 Å². The lowest BCUT2D eigenvalue weighted by atomic mass is 9.98. The van der Waals surface area contributed by atoms with Gasteiger partial charge in [0.25, 0.3) is 0 Å². The van der Waals surface area contributed by atoms with Crippen molar-refractivity contribution >= 4 is 11.3 Å². The summed E-state index contributed by atoms with van der Waals surface area (Å²) in [6, 6.07) is 9.86. The number of fused-ring (bicyclic) bond motifs is 1. The van der Waals surface area contributed by atoms with Crippen LogP contribution in [0.4, 0.5) is 0 Å². The zero-order chi connectivity index (χ0) is 13.2. The van der Waals surface area contributed by atoms with Crippen LogP contribution in [0.25, 0.3) is 0 Å². The first-order valence-electron chi connectivity index (χ1n) is 6.71. The monoisotopic (exact) mass is 274 g/mol. The van der Waals surface area contributed by atoms with E-state index < -0.39 is 6.10 Å². The first-order chi connectivity index (χ1) is 9.28. The highest BCUT2D eigenvalue weighted by atomic mass is 32.1. The standard InChI is InChI=1S/C16H18O2S/c1-18-13-7-4-6-12(9-13)16(17)15-10-11-5-2-3-8-14(11)19-15/h4,6-7,9-10,16-17H,2-3,5,8H2,1H3. The second-order valence-electron chi connectivity index (χ2n) is 4.98. The van der Waals surface area contributed by atoms with Crippen molar-refractivity contribution in [2.75, 3.05) is 7.11 Å². The van der Waals surface area contributed by atoms with Crippen molar-refractivity contribution < 1.29 is 9.84 Å². The fraction of sp³-hybridized carbons (Fsp3) is 0.375. The number of aryl methyl sites for hydroxylation is 2. The van der Waals surface area contributed by atoms with Gasteiger partial charge < -0.3 is 9.84 Å². The Morgan fingerprint density at radius 3 is 2.84 bits per heavy atom. The Balaban J connectivity index is 1.90. The van der Waals surface area contributed by atoms with E-state index >= 15 is 0 Å². The molecule has 0 saturated carbocycles. The Labute approximate surface area is 117 Å². The maximum atomic E-state index is 10.5. The summed E-state index contributed by atoms with van der Waals surface area (Å²) in [6.45, 7) is 0. The Hall–Kier alpha value is -1.32. The van der Waals surface area contributed by atoms with Crippen molar-refractivity contribution in [1.29, 1.82) is 0 Å². The number of hydrogen-bond donors (Lipinski definition) is 1. The third-order valence-corrected chi connectivity index (χ3v) is 4.98. The molecule has 1 N–H and O–H groups in total. The van der Waals surface area contributed by atoms with Gasteiger partial charge in [-0.05, 0) is 55.0 Å². The fourth-order valence-electron chi connectivity index (χ4n) is 2.62. The van der Waals surface area contributed by atoms with Gasteiger partial charge in [-0.25, -0.2) is 0 Å². The number of ether oxygens (including phenoxy) is 1. The topological polar surface area (TPSA) is 29.5 Å². The molecule has 0 saturated heterocycles. The molecular formula is C16H18O2S. The van der Waals surface area contributed by atoms with Gasteiger partial charge in [0.2, 0.25) is 0 Å². The van der Waals surface area contributed by atoms with E-state index in [0.29, 0.717) is 0 Å². The van der Waals surface area contributed by atoms with Gasteiger partial charge >= 0.3 is 0 Å². The molecule has 0 spiro atoms. The number of methoxy groups -OCH3 is 1. The maximum absolute atomic E-state index is 10.5. The van der Waals surface area contributed by atoms with Crippen molar-refractivity contribution in [1.82, 2.24) is 0 Å². The van der Waals surface area contributed by atoms with Crippen LogP contribution in [0.1, 0.15) is 39.8 Å². The van der Waals surface area contributed by atoms with Gasteiger partial charge in [0, 0.05) is 9.75 Å². The quantitative estimate of drug-likeness (QED) is 0.924. The number of hydrogen-bond acceptors (Lipinski definition) is 3. The molecule has 0 aliphatic heterocycles. The van der Waals surface area contributed by atoms with Crippen LogP contribution in [0.3, 0.4) is 0 Å². The molecular weight excluding hydrogens is 256 g/mol. The number of aliphatic hydroxyl groups excluding tert-OH is 1. The van der Waals surface area contributed by atoms with Gasteiger partial charge in [-0.15, -0.1) is 11.3 Å². The molecule has 1 aliphatic rings. The summed E-state index contributed by atoms with van der Waals surface area (Å²) in [4.78, 5) is 2.52. The molecule has 1 unspecified atom stereocenters. The highest BCUT2D eigenvalue weighted by Crippen LogP contribution is 2.35. The van der Waals surface area contributed by atoms with Crippen LogP contribution >= 0.6 is 11.3 Å². The predicted octanol–water partition coefficient (Wildman–Crippen LogP) is 3.72. The van der Waals surface area contributed by atoms with Crippen LogP contribution in [0.2, 0.25) is 0 Å². The second-order valence-corrected chi connectivity index (χ2v) is 6.15. The molecule has 0 fully saturated rings. The Kier molecular flexibility index (Phi) is 3.58. The maximum Gasteiger partial charge on any atom is 0.119 e. The molecule has 0 radical (unpaired) electrons. The molecule has 0 amide bonds. The average Bonchev–Trinajstić information content (AvgIpc) is 2.90. The van der Waals surface area contributed by atoms with E-state index in [1.54, 1.807) is 18.4 Å². The lowest BCUT2D eigenvalue weighted by Gasteiger charge is -2.10. The van der Waals surface area contributed by atoms with Gasteiger partial charge in [0.15, 0.2) is 0 Å². The van der Waals surface area contributed by atoms with E-state index in [2.05, 4.69) is 6.07 Å². The lowest BCUT2D eigenvalue weighted by Crippen LogP contribution is -1.98. The zero-order valence-corrected chi connectivity index (χ0v) is 11.9. The third-order valence-electron chi connectivity index (χ3n) is 3.69. The summed E-state index contributed by atoms with van der Waals surface area (Å²) in [7, 11) is 1.65. The lowest BCUT2D eigenvalue weighted by molar-refractivity contribution is 0.223. The van der Waals surface area contributed by atoms with E-state index in [4.69, 9.17) is 4.74 Å². The minimum absolute atomic E-state index is 0.536. The van der Waals surface area contributed by atoms with Crippen LogP contribution in [0.15, 0.2) is 30.3 Å². The summed E-state index contributed by atoms with van der Waals surface area (Å²) in [6.07, 6.45) is 4.35. The first-order valence-corrected chi connectivity index (χ1v) is 7.53.